The van der Waals surface area contributed by atoms with E-state index in [1.165, 1.54) is 0 Å². The molecule has 3 nitrogen and oxygen atoms in total. The molecule has 0 aromatic carbocycles. The van der Waals surface area contributed by atoms with Crippen molar-refractivity contribution in [1.82, 2.24) is 0 Å². The topological polar surface area (TPSA) is 52.3 Å². The minimum Gasteiger partial charge on any atom is -0.327 e. The van der Waals surface area contributed by atoms with Gasteiger partial charge in [-0.25, -0.2) is 0 Å². The van der Waals surface area contributed by atoms with Crippen molar-refractivity contribution in [1.29, 1.82) is 0 Å². The van der Waals surface area contributed by atoms with Gasteiger partial charge in [0, 0.05) is 19.4 Å². The molecule has 2 N–H and O–H groups in total. The first-order chi connectivity index (χ1) is 4.45. The third-order valence-electron chi connectivity index (χ3n) is 1.12. The second-order valence-electron chi connectivity index (χ2n) is 2.72. The van der Waals surface area contributed by atoms with Crippen molar-refractivity contribution in [3.63, 3.8) is 0 Å². The first kappa shape index (κ1) is 10.2. The molecule has 10 heavy (non-hydrogen) atoms. The molecule has 0 amide bonds. The highest BCUT2D eigenvalue weighted by molar-refractivity contribution is 7.57. The maximum Gasteiger partial charge on any atom is 0.197 e. The third-order valence-corrected chi connectivity index (χ3v) is 1.89. The molecule has 0 saturated carbocycles. The summed E-state index contributed by atoms with van der Waals surface area (Å²) in [6.07, 6.45) is 0.861. The van der Waals surface area contributed by atoms with Crippen LogP contribution < -0.4 is 5.73 Å². The monoisotopic (exact) mass is 165 g/mol. The minimum absolute atomic E-state index is 0.0215. The Morgan fingerprint density at radius 1 is 1.60 bits per heavy atom. The standard InChI is InChI=1S/C6H16NO2P/c1-4-6(7)5-9-10(2,3)8/h6H,4-5,7H2,1-3H3/t6-/m1/s1. The maximum atomic E-state index is 11.0. The van der Waals surface area contributed by atoms with Gasteiger partial charge in [0.1, 0.15) is 0 Å². The largest absolute Gasteiger partial charge is 0.327 e. The van der Waals surface area contributed by atoms with Crippen molar-refractivity contribution in [3.05, 3.63) is 0 Å². The number of rotatable bonds is 4. The Balaban J connectivity index is 3.46. The Morgan fingerprint density at radius 2 is 2.10 bits per heavy atom. The molecule has 4 heteroatoms. The van der Waals surface area contributed by atoms with Crippen LogP contribution in [0.15, 0.2) is 0 Å². The molecule has 0 aliphatic rings. The van der Waals surface area contributed by atoms with Crippen molar-refractivity contribution in [2.75, 3.05) is 19.9 Å². The second-order valence-corrected chi connectivity index (χ2v) is 5.48. The average Bonchev–Trinajstić information content (AvgIpc) is 1.81. The Bertz CT molecular complexity index is 132. The van der Waals surface area contributed by atoms with Gasteiger partial charge in [-0.05, 0) is 6.42 Å². The molecule has 0 fully saturated rings. The molecule has 1 atom stereocenters. The molecule has 0 aromatic rings. The lowest BCUT2D eigenvalue weighted by atomic mass is 10.3. The van der Waals surface area contributed by atoms with E-state index in [4.69, 9.17) is 10.3 Å². The molecule has 62 valence electrons. The second kappa shape index (κ2) is 4.12. The predicted octanol–water partition coefficient (Wildman–Crippen LogP) is 1.28. The van der Waals surface area contributed by atoms with Crippen LogP contribution in [-0.4, -0.2) is 26.0 Å². The summed E-state index contributed by atoms with van der Waals surface area (Å²) in [7, 11) is -2.31. The Morgan fingerprint density at radius 3 is 2.40 bits per heavy atom. The summed E-state index contributed by atoms with van der Waals surface area (Å²) >= 11 is 0. The quantitative estimate of drug-likeness (QED) is 0.638. The molecular weight excluding hydrogens is 149 g/mol. The molecule has 0 saturated heterocycles. The molecule has 0 aliphatic carbocycles. The van der Waals surface area contributed by atoms with Crippen molar-refractivity contribution >= 4 is 7.37 Å². The van der Waals surface area contributed by atoms with Gasteiger partial charge in [0.2, 0.25) is 0 Å². The zero-order chi connectivity index (χ0) is 8.20. The molecule has 0 rings (SSSR count). The number of nitrogens with two attached hydrogens (primary N) is 1. The highest BCUT2D eigenvalue weighted by Crippen LogP contribution is 2.36. The predicted molar refractivity (Wildman–Crippen MR) is 43.7 cm³/mol. The van der Waals surface area contributed by atoms with Crippen LogP contribution in [0.25, 0.3) is 0 Å². The number of hydrogen-bond acceptors (Lipinski definition) is 3. The van der Waals surface area contributed by atoms with Gasteiger partial charge in [-0.3, -0.25) is 4.57 Å². The van der Waals surface area contributed by atoms with Crippen molar-refractivity contribution in [2.45, 2.75) is 19.4 Å². The summed E-state index contributed by atoms with van der Waals surface area (Å²) < 4.78 is 16.0. The summed E-state index contributed by atoms with van der Waals surface area (Å²) in [5, 5.41) is 0. The summed E-state index contributed by atoms with van der Waals surface area (Å²) in [6, 6.07) is 0.0215. The molecule has 0 unspecified atom stereocenters. The fourth-order valence-corrected chi connectivity index (χ4v) is 0.944. The molecule has 0 aromatic heterocycles. The van der Waals surface area contributed by atoms with E-state index in [0.717, 1.165) is 6.42 Å². The minimum atomic E-state index is -2.31. The van der Waals surface area contributed by atoms with Crippen LogP contribution in [0.5, 0.6) is 0 Å². The van der Waals surface area contributed by atoms with Crippen LogP contribution in [0.3, 0.4) is 0 Å². The lowest BCUT2D eigenvalue weighted by molar-refractivity contribution is 0.290. The van der Waals surface area contributed by atoms with Gasteiger partial charge < -0.3 is 10.3 Å². The van der Waals surface area contributed by atoms with Gasteiger partial charge in [-0.1, -0.05) is 6.92 Å². The van der Waals surface area contributed by atoms with Crippen molar-refractivity contribution in [3.8, 4) is 0 Å². The van der Waals surface area contributed by atoms with Crippen LogP contribution in [0.4, 0.5) is 0 Å². The van der Waals surface area contributed by atoms with Crippen LogP contribution in [0, 0.1) is 0 Å². The first-order valence-electron chi connectivity index (χ1n) is 3.41. The molecule has 0 aliphatic heterocycles. The third kappa shape index (κ3) is 6.27. The highest BCUT2D eigenvalue weighted by atomic mass is 31.2. The lowest BCUT2D eigenvalue weighted by Gasteiger charge is -2.11. The van der Waals surface area contributed by atoms with Crippen LogP contribution in [0.1, 0.15) is 13.3 Å². The van der Waals surface area contributed by atoms with Gasteiger partial charge in [0.25, 0.3) is 0 Å². The zero-order valence-electron chi connectivity index (χ0n) is 6.83. The SMILES string of the molecule is CC[C@@H](N)COP(C)(C)=O. The van der Waals surface area contributed by atoms with Crippen molar-refractivity contribution < 1.29 is 9.09 Å². The summed E-state index contributed by atoms with van der Waals surface area (Å²) in [5.41, 5.74) is 5.53. The van der Waals surface area contributed by atoms with Crippen LogP contribution in [0.2, 0.25) is 0 Å². The smallest absolute Gasteiger partial charge is 0.197 e. The number of hydrogen-bond donors (Lipinski definition) is 1. The summed E-state index contributed by atoms with van der Waals surface area (Å²) in [6.45, 7) is 5.57. The van der Waals surface area contributed by atoms with Gasteiger partial charge >= 0.3 is 0 Å². The van der Waals surface area contributed by atoms with Gasteiger partial charge in [0.05, 0.1) is 6.61 Å². The normalized spacial score (nSPS) is 15.2. The average molecular weight is 165 g/mol. The van der Waals surface area contributed by atoms with Gasteiger partial charge in [0.15, 0.2) is 7.37 Å². The molecule has 0 radical (unpaired) electrons. The van der Waals surface area contributed by atoms with E-state index < -0.39 is 7.37 Å². The Labute approximate surface area is 62.4 Å². The zero-order valence-corrected chi connectivity index (χ0v) is 7.73. The van der Waals surface area contributed by atoms with Crippen LogP contribution >= 0.6 is 7.37 Å². The van der Waals surface area contributed by atoms with E-state index >= 15 is 0 Å². The van der Waals surface area contributed by atoms with E-state index in [1.54, 1.807) is 13.3 Å². The Kier molecular flexibility index (Phi) is 4.18. The van der Waals surface area contributed by atoms with Crippen LogP contribution in [-0.2, 0) is 9.09 Å². The summed E-state index contributed by atoms with van der Waals surface area (Å²) in [4.78, 5) is 0. The van der Waals surface area contributed by atoms with E-state index in [-0.39, 0.29) is 6.04 Å². The van der Waals surface area contributed by atoms with E-state index in [0.29, 0.717) is 6.61 Å². The molecule has 0 bridgehead atoms. The fraction of sp³-hybridized carbons (Fsp3) is 1.00. The Hall–Kier alpha value is 0.150. The highest BCUT2D eigenvalue weighted by Gasteiger charge is 2.08. The molecular formula is C6H16NO2P. The van der Waals surface area contributed by atoms with Crippen molar-refractivity contribution in [2.24, 2.45) is 5.73 Å². The van der Waals surface area contributed by atoms with Gasteiger partial charge in [-0.2, -0.15) is 0 Å². The fourth-order valence-electron chi connectivity index (χ4n) is 0.393. The van der Waals surface area contributed by atoms with Gasteiger partial charge in [-0.15, -0.1) is 0 Å². The molecule has 0 spiro atoms. The summed E-state index contributed by atoms with van der Waals surface area (Å²) in [5.74, 6) is 0. The molecule has 0 heterocycles. The first-order valence-corrected chi connectivity index (χ1v) is 5.92. The van der Waals surface area contributed by atoms with E-state index in [9.17, 15) is 4.57 Å². The van der Waals surface area contributed by atoms with E-state index in [1.807, 2.05) is 6.92 Å². The lowest BCUT2D eigenvalue weighted by Crippen LogP contribution is -2.24. The maximum absolute atomic E-state index is 11.0. The van der Waals surface area contributed by atoms with E-state index in [2.05, 4.69) is 0 Å².